The summed E-state index contributed by atoms with van der Waals surface area (Å²) in [6.45, 7) is 0. The van der Waals surface area contributed by atoms with Crippen LogP contribution in [0.4, 0.5) is 0 Å². The predicted octanol–water partition coefficient (Wildman–Crippen LogP) is 3.80. The van der Waals surface area contributed by atoms with Crippen LogP contribution in [0.1, 0.15) is 26.8 Å². The fourth-order valence-electron chi connectivity index (χ4n) is 2.76. The predicted molar refractivity (Wildman–Crippen MR) is 105 cm³/mol. The van der Waals surface area contributed by atoms with E-state index in [4.69, 9.17) is 4.74 Å². The summed E-state index contributed by atoms with van der Waals surface area (Å²) in [5.74, 6) is -0.662. The maximum absolute atomic E-state index is 13.0. The first kappa shape index (κ1) is 19.3. The molecule has 140 valence electrons. The SMILES string of the molecule is COC(=O)c1sccc1S(=O)(=O)NC(Cc1ccccc1)c1ccccc1. The van der Waals surface area contributed by atoms with Gasteiger partial charge >= 0.3 is 5.97 Å². The van der Waals surface area contributed by atoms with Gasteiger partial charge in [-0.3, -0.25) is 0 Å². The Bertz CT molecular complexity index is 999. The molecule has 3 aromatic rings. The second-order valence-corrected chi connectivity index (χ2v) is 8.48. The van der Waals surface area contributed by atoms with E-state index in [1.165, 1.54) is 13.2 Å². The van der Waals surface area contributed by atoms with E-state index < -0.39 is 22.0 Å². The number of carbonyl (C=O) groups excluding carboxylic acids is 1. The summed E-state index contributed by atoms with van der Waals surface area (Å²) < 4.78 is 33.4. The van der Waals surface area contributed by atoms with Crippen LogP contribution in [0.5, 0.6) is 0 Å². The average molecular weight is 402 g/mol. The highest BCUT2D eigenvalue weighted by atomic mass is 32.2. The van der Waals surface area contributed by atoms with Gasteiger partial charge in [0.25, 0.3) is 0 Å². The molecule has 0 aliphatic heterocycles. The smallest absolute Gasteiger partial charge is 0.349 e. The number of hydrogen-bond acceptors (Lipinski definition) is 5. The van der Waals surface area contributed by atoms with Crippen molar-refractivity contribution in [2.24, 2.45) is 0 Å². The van der Waals surface area contributed by atoms with Crippen LogP contribution in [-0.4, -0.2) is 21.5 Å². The summed E-state index contributed by atoms with van der Waals surface area (Å²) in [7, 11) is -2.68. The first-order valence-electron chi connectivity index (χ1n) is 8.28. The summed E-state index contributed by atoms with van der Waals surface area (Å²) in [5, 5.41) is 1.57. The van der Waals surface area contributed by atoms with E-state index in [1.807, 2.05) is 60.7 Å². The third kappa shape index (κ3) is 4.63. The molecule has 7 heteroatoms. The number of thiophene rings is 1. The van der Waals surface area contributed by atoms with Crippen LogP contribution < -0.4 is 4.72 Å². The third-order valence-electron chi connectivity index (χ3n) is 4.07. The van der Waals surface area contributed by atoms with E-state index in [1.54, 1.807) is 5.38 Å². The summed E-state index contributed by atoms with van der Waals surface area (Å²) in [6.07, 6.45) is 0.488. The molecular weight excluding hydrogens is 382 g/mol. The molecule has 27 heavy (non-hydrogen) atoms. The summed E-state index contributed by atoms with van der Waals surface area (Å²) in [5.41, 5.74) is 1.85. The number of methoxy groups -OCH3 is 1. The Labute approximate surface area is 162 Å². The van der Waals surface area contributed by atoms with Gasteiger partial charge in [0, 0.05) is 0 Å². The van der Waals surface area contributed by atoms with Crippen molar-refractivity contribution in [2.45, 2.75) is 17.4 Å². The monoisotopic (exact) mass is 401 g/mol. The zero-order chi connectivity index (χ0) is 19.3. The number of hydrogen-bond donors (Lipinski definition) is 1. The van der Waals surface area contributed by atoms with Gasteiger partial charge in [-0.15, -0.1) is 11.3 Å². The van der Waals surface area contributed by atoms with Gasteiger partial charge < -0.3 is 4.74 Å². The second kappa shape index (κ2) is 8.47. The van der Waals surface area contributed by atoms with E-state index in [-0.39, 0.29) is 9.77 Å². The summed E-state index contributed by atoms with van der Waals surface area (Å²) in [6, 6.07) is 20.0. The molecule has 3 rings (SSSR count). The molecule has 1 unspecified atom stereocenters. The molecule has 0 aliphatic carbocycles. The number of rotatable bonds is 7. The van der Waals surface area contributed by atoms with Crippen LogP contribution in [0.25, 0.3) is 0 Å². The number of benzene rings is 2. The number of sulfonamides is 1. The molecule has 1 heterocycles. The van der Waals surface area contributed by atoms with Gasteiger partial charge in [-0.1, -0.05) is 60.7 Å². The van der Waals surface area contributed by atoms with Crippen molar-refractivity contribution in [1.82, 2.24) is 4.72 Å². The number of esters is 1. The first-order valence-corrected chi connectivity index (χ1v) is 10.6. The zero-order valence-corrected chi connectivity index (χ0v) is 16.3. The molecule has 0 aliphatic rings. The topological polar surface area (TPSA) is 72.5 Å². The maximum atomic E-state index is 13.0. The van der Waals surface area contributed by atoms with Gasteiger partial charge in [0.05, 0.1) is 13.2 Å². The normalized spacial score (nSPS) is 12.5. The van der Waals surface area contributed by atoms with Gasteiger partial charge in [-0.05, 0) is 29.0 Å². The number of nitrogens with one attached hydrogen (secondary N) is 1. The molecule has 1 atom stereocenters. The Morgan fingerprint density at radius 1 is 1.04 bits per heavy atom. The Hall–Kier alpha value is -2.48. The minimum atomic E-state index is -3.91. The van der Waals surface area contributed by atoms with Gasteiger partial charge in [0.2, 0.25) is 10.0 Å². The average Bonchev–Trinajstić information content (AvgIpc) is 3.19. The van der Waals surface area contributed by atoms with Crippen molar-refractivity contribution in [3.05, 3.63) is 88.1 Å². The van der Waals surface area contributed by atoms with Gasteiger partial charge in [-0.2, -0.15) is 0 Å². The molecule has 0 bridgehead atoms. The molecule has 0 spiro atoms. The first-order chi connectivity index (χ1) is 13.0. The highest BCUT2D eigenvalue weighted by Crippen LogP contribution is 2.26. The Kier molecular flexibility index (Phi) is 6.05. The number of carbonyl (C=O) groups is 1. The molecule has 1 N–H and O–H groups in total. The second-order valence-electron chi connectivity index (χ2n) is 5.88. The molecule has 0 radical (unpaired) electrons. The number of ether oxygens (including phenoxy) is 1. The lowest BCUT2D eigenvalue weighted by Crippen LogP contribution is -2.30. The lowest BCUT2D eigenvalue weighted by atomic mass is 10.00. The molecule has 1 aromatic heterocycles. The molecule has 2 aromatic carbocycles. The standard InChI is InChI=1S/C20H19NO4S2/c1-25-20(22)19-18(12-13-26-19)27(23,24)21-17(16-10-6-3-7-11-16)14-15-8-4-2-5-9-15/h2-13,17,21H,14H2,1H3. The van der Waals surface area contributed by atoms with Crippen molar-refractivity contribution >= 4 is 27.3 Å². The fraction of sp³-hybridized carbons (Fsp3) is 0.150. The van der Waals surface area contributed by atoms with E-state index >= 15 is 0 Å². The van der Waals surface area contributed by atoms with Crippen molar-refractivity contribution in [3.63, 3.8) is 0 Å². The van der Waals surface area contributed by atoms with Crippen LogP contribution in [0.15, 0.2) is 77.0 Å². The van der Waals surface area contributed by atoms with Crippen LogP contribution in [0.2, 0.25) is 0 Å². The molecular formula is C20H19NO4S2. The van der Waals surface area contributed by atoms with Gasteiger partial charge in [-0.25, -0.2) is 17.9 Å². The third-order valence-corrected chi connectivity index (χ3v) is 6.61. The van der Waals surface area contributed by atoms with E-state index in [0.717, 1.165) is 22.5 Å². The molecule has 5 nitrogen and oxygen atoms in total. The van der Waals surface area contributed by atoms with E-state index in [0.29, 0.717) is 6.42 Å². The molecule has 0 saturated heterocycles. The fourth-order valence-corrected chi connectivity index (χ4v) is 5.32. The molecule has 0 saturated carbocycles. The highest BCUT2D eigenvalue weighted by molar-refractivity contribution is 7.89. The Balaban J connectivity index is 1.94. The van der Waals surface area contributed by atoms with Gasteiger partial charge in [0.1, 0.15) is 9.77 Å². The van der Waals surface area contributed by atoms with Crippen molar-refractivity contribution < 1.29 is 17.9 Å². The maximum Gasteiger partial charge on any atom is 0.349 e. The van der Waals surface area contributed by atoms with E-state index in [9.17, 15) is 13.2 Å². The molecule has 0 fully saturated rings. The summed E-state index contributed by atoms with van der Waals surface area (Å²) >= 11 is 1.04. The van der Waals surface area contributed by atoms with Crippen LogP contribution >= 0.6 is 11.3 Å². The summed E-state index contributed by atoms with van der Waals surface area (Å²) in [4.78, 5) is 11.9. The minimum absolute atomic E-state index is 0.0617. The zero-order valence-electron chi connectivity index (χ0n) is 14.7. The van der Waals surface area contributed by atoms with Gasteiger partial charge in [0.15, 0.2) is 0 Å². The van der Waals surface area contributed by atoms with Crippen LogP contribution in [0, 0.1) is 0 Å². The quantitative estimate of drug-likeness (QED) is 0.611. The van der Waals surface area contributed by atoms with E-state index in [2.05, 4.69) is 4.72 Å². The van der Waals surface area contributed by atoms with Crippen molar-refractivity contribution in [2.75, 3.05) is 7.11 Å². The Morgan fingerprint density at radius 3 is 2.30 bits per heavy atom. The lowest BCUT2D eigenvalue weighted by molar-refractivity contribution is 0.0602. The largest absolute Gasteiger partial charge is 0.465 e. The Morgan fingerprint density at radius 2 is 1.67 bits per heavy atom. The lowest BCUT2D eigenvalue weighted by Gasteiger charge is -2.19. The van der Waals surface area contributed by atoms with Crippen LogP contribution in [0.3, 0.4) is 0 Å². The van der Waals surface area contributed by atoms with Crippen LogP contribution in [-0.2, 0) is 21.2 Å². The molecule has 0 amide bonds. The highest BCUT2D eigenvalue weighted by Gasteiger charge is 2.27. The van der Waals surface area contributed by atoms with Crippen molar-refractivity contribution in [1.29, 1.82) is 0 Å². The minimum Gasteiger partial charge on any atom is -0.465 e. The van der Waals surface area contributed by atoms with Crippen molar-refractivity contribution in [3.8, 4) is 0 Å².